The van der Waals surface area contributed by atoms with Crippen molar-refractivity contribution in [3.05, 3.63) is 65.2 Å². The lowest BCUT2D eigenvalue weighted by atomic mass is 10.1. The highest BCUT2D eigenvalue weighted by Crippen LogP contribution is 2.16. The molecule has 0 fully saturated rings. The average Bonchev–Trinajstić information content (AvgIpc) is 2.69. The third kappa shape index (κ3) is 7.23. The molecule has 8 heteroatoms. The van der Waals surface area contributed by atoms with E-state index >= 15 is 0 Å². The molecule has 156 valence electrons. The minimum Gasteiger partial charge on any atom is -0.356 e. The van der Waals surface area contributed by atoms with E-state index in [2.05, 4.69) is 20.9 Å². The number of aryl methyl sites for hydroxylation is 1. The summed E-state index contributed by atoms with van der Waals surface area (Å²) >= 11 is 0. The summed E-state index contributed by atoms with van der Waals surface area (Å²) in [5.74, 6) is 0.560. The van der Waals surface area contributed by atoms with Crippen LogP contribution in [0.3, 0.4) is 0 Å². The minimum absolute atomic E-state index is 0.0824. The van der Waals surface area contributed by atoms with Crippen LogP contribution in [-0.2, 0) is 16.4 Å². The Morgan fingerprint density at radius 1 is 1.00 bits per heavy atom. The zero-order valence-electron chi connectivity index (χ0n) is 17.0. The molecule has 3 N–H and O–H groups in total. The molecule has 0 atom stereocenters. The number of rotatable bonds is 8. The van der Waals surface area contributed by atoms with Crippen LogP contribution in [0.1, 0.15) is 27.9 Å². The number of aliphatic imine (C=N–C) groups is 1. The Morgan fingerprint density at radius 2 is 1.69 bits per heavy atom. The van der Waals surface area contributed by atoms with Crippen molar-refractivity contribution in [2.24, 2.45) is 4.99 Å². The molecule has 2 aromatic carbocycles. The molecule has 7 nitrogen and oxygen atoms in total. The summed E-state index contributed by atoms with van der Waals surface area (Å²) in [6.45, 7) is 3.52. The zero-order valence-corrected chi connectivity index (χ0v) is 17.8. The Balaban J connectivity index is 1.73. The second-order valence-corrected chi connectivity index (χ2v) is 8.68. The normalized spacial score (nSPS) is 11.8. The van der Waals surface area contributed by atoms with Crippen LogP contribution in [0.2, 0.25) is 0 Å². The summed E-state index contributed by atoms with van der Waals surface area (Å²) in [6, 6.07) is 14.4. The van der Waals surface area contributed by atoms with Crippen molar-refractivity contribution in [2.75, 3.05) is 26.4 Å². The lowest BCUT2D eigenvalue weighted by molar-refractivity contribution is 0.0953. The predicted octanol–water partition coefficient (Wildman–Crippen LogP) is 1.88. The quantitative estimate of drug-likeness (QED) is 0.347. The highest BCUT2D eigenvalue weighted by molar-refractivity contribution is 7.90. The van der Waals surface area contributed by atoms with Gasteiger partial charge >= 0.3 is 0 Å². The minimum atomic E-state index is -3.21. The number of sulfone groups is 1. The lowest BCUT2D eigenvalue weighted by Gasteiger charge is -2.13. The summed E-state index contributed by atoms with van der Waals surface area (Å²) < 4.78 is 23.4. The van der Waals surface area contributed by atoms with Gasteiger partial charge in [0.05, 0.1) is 4.90 Å². The zero-order chi connectivity index (χ0) is 21.3. The first-order valence-electron chi connectivity index (χ1n) is 9.38. The van der Waals surface area contributed by atoms with Crippen LogP contribution in [-0.4, -0.2) is 46.7 Å². The van der Waals surface area contributed by atoms with E-state index < -0.39 is 9.84 Å². The number of carbonyl (C=O) groups excluding carboxylic acids is 1. The van der Waals surface area contributed by atoms with Gasteiger partial charge in [0, 0.05) is 38.5 Å². The maximum Gasteiger partial charge on any atom is 0.251 e. The van der Waals surface area contributed by atoms with Crippen LogP contribution in [0.4, 0.5) is 0 Å². The first-order valence-corrected chi connectivity index (χ1v) is 11.3. The Hall–Kier alpha value is -2.87. The van der Waals surface area contributed by atoms with Gasteiger partial charge < -0.3 is 16.0 Å². The fourth-order valence-corrected chi connectivity index (χ4v) is 3.79. The standard InChI is InChI=1S/C21H28N4O3S/c1-16-14-17(10-11-19(16)29(3,27)28)15-25-21(22-2)24-13-7-12-23-20(26)18-8-5-4-6-9-18/h4-6,8-11,14H,7,12-13,15H2,1-3H3,(H,23,26)(H2,22,24,25). The number of nitrogens with one attached hydrogen (secondary N) is 3. The molecule has 2 aromatic rings. The van der Waals surface area contributed by atoms with E-state index in [0.29, 0.717) is 36.1 Å². The molecule has 0 aliphatic heterocycles. The summed E-state index contributed by atoms with van der Waals surface area (Å²) in [5, 5.41) is 9.28. The highest BCUT2D eigenvalue weighted by Gasteiger charge is 2.11. The molecule has 0 radical (unpaired) electrons. The highest BCUT2D eigenvalue weighted by atomic mass is 32.2. The van der Waals surface area contributed by atoms with E-state index in [1.807, 2.05) is 24.3 Å². The third-order valence-electron chi connectivity index (χ3n) is 4.29. The summed E-state index contributed by atoms with van der Waals surface area (Å²) in [5.41, 5.74) is 2.34. The van der Waals surface area contributed by atoms with Crippen LogP contribution in [0, 0.1) is 6.92 Å². The Kier molecular flexibility index (Phi) is 8.21. The van der Waals surface area contributed by atoms with Crippen LogP contribution in [0.25, 0.3) is 0 Å². The van der Waals surface area contributed by atoms with E-state index in [1.54, 1.807) is 38.2 Å². The van der Waals surface area contributed by atoms with Gasteiger partial charge in [-0.15, -0.1) is 0 Å². The molecular weight excluding hydrogens is 388 g/mol. The van der Waals surface area contributed by atoms with Gasteiger partial charge in [-0.25, -0.2) is 8.42 Å². The SMILES string of the molecule is CN=C(NCCCNC(=O)c1ccccc1)NCc1ccc(S(C)(=O)=O)c(C)c1. The number of guanidine groups is 1. The van der Waals surface area contributed by atoms with Crippen molar-refractivity contribution in [2.45, 2.75) is 24.8 Å². The molecule has 0 spiro atoms. The lowest BCUT2D eigenvalue weighted by Crippen LogP contribution is -2.38. The van der Waals surface area contributed by atoms with Crippen molar-refractivity contribution < 1.29 is 13.2 Å². The van der Waals surface area contributed by atoms with Crippen molar-refractivity contribution >= 4 is 21.7 Å². The first kappa shape index (κ1) is 22.4. The second-order valence-electron chi connectivity index (χ2n) is 6.70. The monoisotopic (exact) mass is 416 g/mol. The number of hydrogen-bond acceptors (Lipinski definition) is 4. The number of hydrogen-bond donors (Lipinski definition) is 3. The van der Waals surface area contributed by atoms with Crippen LogP contribution < -0.4 is 16.0 Å². The molecule has 0 aromatic heterocycles. The molecule has 0 heterocycles. The molecule has 29 heavy (non-hydrogen) atoms. The van der Waals surface area contributed by atoms with Crippen molar-refractivity contribution in [1.82, 2.24) is 16.0 Å². The Morgan fingerprint density at radius 3 is 2.31 bits per heavy atom. The van der Waals surface area contributed by atoms with Gasteiger partial charge in [-0.3, -0.25) is 9.79 Å². The third-order valence-corrected chi connectivity index (χ3v) is 5.55. The van der Waals surface area contributed by atoms with Gasteiger partial charge in [0.15, 0.2) is 15.8 Å². The fraction of sp³-hybridized carbons (Fsp3) is 0.333. The van der Waals surface area contributed by atoms with E-state index in [4.69, 9.17) is 0 Å². The van der Waals surface area contributed by atoms with Gasteiger partial charge in [-0.05, 0) is 42.7 Å². The van der Waals surface area contributed by atoms with Crippen molar-refractivity contribution in [1.29, 1.82) is 0 Å². The Labute approximate surface area is 172 Å². The maximum atomic E-state index is 12.0. The molecule has 2 rings (SSSR count). The summed E-state index contributed by atoms with van der Waals surface area (Å²) in [4.78, 5) is 16.5. The molecule has 0 bridgehead atoms. The molecule has 1 amide bonds. The van der Waals surface area contributed by atoms with Gasteiger partial charge in [-0.2, -0.15) is 0 Å². The predicted molar refractivity (Wildman–Crippen MR) is 116 cm³/mol. The number of benzene rings is 2. The second kappa shape index (κ2) is 10.6. The van der Waals surface area contributed by atoms with Gasteiger partial charge in [0.1, 0.15) is 0 Å². The van der Waals surface area contributed by atoms with Crippen LogP contribution in [0.15, 0.2) is 58.4 Å². The smallest absolute Gasteiger partial charge is 0.251 e. The molecular formula is C21H28N4O3S. The molecule has 0 unspecified atom stereocenters. The van der Waals surface area contributed by atoms with E-state index in [9.17, 15) is 13.2 Å². The topological polar surface area (TPSA) is 99.7 Å². The largest absolute Gasteiger partial charge is 0.356 e. The molecule has 0 saturated carbocycles. The summed E-state index contributed by atoms with van der Waals surface area (Å²) in [7, 11) is -1.53. The Bertz CT molecular complexity index is 957. The number of nitrogens with zero attached hydrogens (tertiary/aromatic N) is 1. The van der Waals surface area contributed by atoms with Gasteiger partial charge in [-0.1, -0.05) is 30.3 Å². The van der Waals surface area contributed by atoms with E-state index in [0.717, 1.165) is 17.5 Å². The van der Waals surface area contributed by atoms with Crippen LogP contribution in [0.5, 0.6) is 0 Å². The molecule has 0 aliphatic rings. The average molecular weight is 417 g/mol. The van der Waals surface area contributed by atoms with E-state index in [-0.39, 0.29) is 5.91 Å². The number of amides is 1. The maximum absolute atomic E-state index is 12.0. The van der Waals surface area contributed by atoms with Crippen molar-refractivity contribution in [3.63, 3.8) is 0 Å². The van der Waals surface area contributed by atoms with Crippen molar-refractivity contribution in [3.8, 4) is 0 Å². The van der Waals surface area contributed by atoms with Gasteiger partial charge in [0.2, 0.25) is 0 Å². The summed E-state index contributed by atoms with van der Waals surface area (Å²) in [6.07, 6.45) is 1.96. The van der Waals surface area contributed by atoms with E-state index in [1.165, 1.54) is 6.26 Å². The molecule has 0 saturated heterocycles. The first-order chi connectivity index (χ1) is 13.8. The number of carbonyl (C=O) groups is 1. The fourth-order valence-electron chi connectivity index (χ4n) is 2.83. The molecule has 0 aliphatic carbocycles. The van der Waals surface area contributed by atoms with Gasteiger partial charge in [0.25, 0.3) is 5.91 Å². The van der Waals surface area contributed by atoms with Crippen LogP contribution >= 0.6 is 0 Å².